The Hall–Kier alpha value is -0.120. The molecule has 0 bridgehead atoms. The van der Waals surface area contributed by atoms with Crippen LogP contribution < -0.4 is 11.5 Å². The van der Waals surface area contributed by atoms with Crippen LogP contribution in [0.1, 0.15) is 68.2 Å². The van der Waals surface area contributed by atoms with E-state index in [1.165, 1.54) is 0 Å². The average Bonchev–Trinajstić information content (AvgIpc) is 1.65. The molecule has 4 N–H and O–H groups in total. The second-order valence-corrected chi connectivity index (χ2v) is 7.95. The molecule has 104 valence electrons. The van der Waals surface area contributed by atoms with E-state index in [9.17, 15) is 0 Å². The molecule has 0 rings (SSSR count). The molecule has 0 radical (unpaired) electrons. The minimum Gasteiger partial charge on any atom is -0.370 e. The number of nitrogens with two attached hydrogens (primary N) is 2. The summed E-state index contributed by atoms with van der Waals surface area (Å²) in [6.45, 7) is 16.5. The largest absolute Gasteiger partial charge is 0.370 e. The van der Waals surface area contributed by atoms with Crippen molar-refractivity contribution >= 4 is 0 Å². The molecule has 0 fully saturated rings. The third-order valence-electron chi connectivity index (χ3n) is 2.32. The van der Waals surface area contributed by atoms with Crippen LogP contribution in [0.15, 0.2) is 0 Å². The first-order chi connectivity index (χ1) is 7.12. The summed E-state index contributed by atoms with van der Waals surface area (Å²) < 4.78 is 6.22. The van der Waals surface area contributed by atoms with Crippen LogP contribution in [0.5, 0.6) is 0 Å². The maximum atomic E-state index is 6.22. The van der Waals surface area contributed by atoms with Gasteiger partial charge in [0, 0.05) is 11.1 Å². The van der Waals surface area contributed by atoms with E-state index in [0.717, 1.165) is 12.8 Å². The molecule has 3 heteroatoms. The Labute approximate surface area is 107 Å². The molecule has 0 aliphatic heterocycles. The lowest BCUT2D eigenvalue weighted by atomic mass is 9.87. The smallest absolute Gasteiger partial charge is 0.0651 e. The van der Waals surface area contributed by atoms with Gasteiger partial charge in [0.05, 0.1) is 11.2 Å². The highest BCUT2D eigenvalue weighted by molar-refractivity contribution is 4.89. The summed E-state index contributed by atoms with van der Waals surface area (Å²) in [6.07, 6.45) is 1.63. The first-order valence-corrected chi connectivity index (χ1v) is 6.40. The molecule has 0 heterocycles. The topological polar surface area (TPSA) is 61.3 Å². The Kier molecular flexibility index (Phi) is 4.83. The van der Waals surface area contributed by atoms with E-state index in [0.29, 0.717) is 0 Å². The number of hydrogen-bond acceptors (Lipinski definition) is 3. The monoisotopic (exact) mass is 244 g/mol. The van der Waals surface area contributed by atoms with Crippen LogP contribution in [0.2, 0.25) is 0 Å². The van der Waals surface area contributed by atoms with Crippen molar-refractivity contribution in [1.82, 2.24) is 0 Å². The molecule has 0 spiro atoms. The summed E-state index contributed by atoms with van der Waals surface area (Å²) in [7, 11) is 0. The van der Waals surface area contributed by atoms with Gasteiger partial charge in [-0.05, 0) is 68.2 Å². The lowest BCUT2D eigenvalue weighted by Crippen LogP contribution is -2.48. The predicted molar refractivity (Wildman–Crippen MR) is 75.0 cm³/mol. The van der Waals surface area contributed by atoms with Crippen molar-refractivity contribution in [2.45, 2.75) is 90.5 Å². The summed E-state index contributed by atoms with van der Waals surface area (Å²) in [5.41, 5.74) is 11.2. The molecule has 0 aromatic rings. The van der Waals surface area contributed by atoms with Crippen molar-refractivity contribution in [1.29, 1.82) is 0 Å². The highest BCUT2D eigenvalue weighted by Crippen LogP contribution is 2.31. The molecule has 3 nitrogen and oxygen atoms in total. The lowest BCUT2D eigenvalue weighted by Gasteiger charge is -2.41. The maximum Gasteiger partial charge on any atom is 0.0651 e. The van der Waals surface area contributed by atoms with E-state index in [4.69, 9.17) is 16.2 Å². The van der Waals surface area contributed by atoms with Crippen LogP contribution in [0.25, 0.3) is 0 Å². The Morgan fingerprint density at radius 3 is 1.06 bits per heavy atom. The second kappa shape index (κ2) is 4.87. The maximum absolute atomic E-state index is 6.22. The van der Waals surface area contributed by atoms with Gasteiger partial charge >= 0.3 is 0 Å². The molecule has 0 aliphatic rings. The Bertz CT molecular complexity index is 218. The minimum absolute atomic E-state index is 0.224. The molecular weight excluding hydrogens is 212 g/mol. The van der Waals surface area contributed by atoms with Crippen LogP contribution in [-0.2, 0) is 4.74 Å². The van der Waals surface area contributed by atoms with Gasteiger partial charge in [-0.2, -0.15) is 0 Å². The number of rotatable bonds is 6. The second-order valence-electron chi connectivity index (χ2n) is 7.95. The zero-order valence-corrected chi connectivity index (χ0v) is 13.0. The van der Waals surface area contributed by atoms with Crippen LogP contribution in [0.3, 0.4) is 0 Å². The first-order valence-electron chi connectivity index (χ1n) is 6.40. The van der Waals surface area contributed by atoms with Crippen LogP contribution in [-0.4, -0.2) is 22.3 Å². The molecule has 0 saturated heterocycles. The van der Waals surface area contributed by atoms with Gasteiger partial charge in [-0.15, -0.1) is 0 Å². The Morgan fingerprint density at radius 2 is 0.882 bits per heavy atom. The van der Waals surface area contributed by atoms with Gasteiger partial charge in [0.25, 0.3) is 0 Å². The predicted octanol–water partition coefficient (Wildman–Crippen LogP) is 2.82. The lowest BCUT2D eigenvalue weighted by molar-refractivity contribution is -0.140. The van der Waals surface area contributed by atoms with Crippen molar-refractivity contribution in [2.24, 2.45) is 11.5 Å². The highest BCUT2D eigenvalue weighted by atomic mass is 16.5. The minimum atomic E-state index is -0.243. The van der Waals surface area contributed by atoms with E-state index in [-0.39, 0.29) is 22.3 Å². The third kappa shape index (κ3) is 9.57. The van der Waals surface area contributed by atoms with Crippen molar-refractivity contribution < 1.29 is 4.74 Å². The van der Waals surface area contributed by atoms with Crippen molar-refractivity contribution in [3.63, 3.8) is 0 Å². The fourth-order valence-electron chi connectivity index (χ4n) is 3.01. The van der Waals surface area contributed by atoms with Gasteiger partial charge in [0.1, 0.15) is 0 Å². The van der Waals surface area contributed by atoms with Crippen molar-refractivity contribution in [3.8, 4) is 0 Å². The van der Waals surface area contributed by atoms with E-state index in [1.54, 1.807) is 0 Å². The van der Waals surface area contributed by atoms with Crippen molar-refractivity contribution in [3.05, 3.63) is 0 Å². The van der Waals surface area contributed by atoms with Crippen LogP contribution in [0, 0.1) is 0 Å². The van der Waals surface area contributed by atoms with Crippen molar-refractivity contribution in [2.75, 3.05) is 0 Å². The van der Waals surface area contributed by atoms with Crippen LogP contribution >= 0.6 is 0 Å². The fraction of sp³-hybridized carbons (Fsp3) is 1.00. The number of ether oxygens (including phenoxy) is 1. The quantitative estimate of drug-likeness (QED) is 0.755. The van der Waals surface area contributed by atoms with E-state index in [1.807, 2.05) is 27.7 Å². The van der Waals surface area contributed by atoms with E-state index >= 15 is 0 Å². The number of hydrogen-bond donors (Lipinski definition) is 2. The fourth-order valence-corrected chi connectivity index (χ4v) is 3.01. The molecular formula is C14H32N2O. The third-order valence-corrected chi connectivity index (χ3v) is 2.32. The highest BCUT2D eigenvalue weighted by Gasteiger charge is 2.35. The zero-order valence-electron chi connectivity index (χ0n) is 13.0. The molecule has 0 aliphatic carbocycles. The molecule has 0 amide bonds. The summed E-state index contributed by atoms with van der Waals surface area (Å²) >= 11 is 0. The van der Waals surface area contributed by atoms with Gasteiger partial charge in [-0.1, -0.05) is 0 Å². The molecule has 0 aromatic carbocycles. The first kappa shape index (κ1) is 16.9. The Morgan fingerprint density at radius 1 is 0.647 bits per heavy atom. The van der Waals surface area contributed by atoms with Gasteiger partial charge in [-0.25, -0.2) is 0 Å². The molecule has 0 aromatic heterocycles. The normalized spacial score (nSPS) is 15.2. The molecule has 17 heavy (non-hydrogen) atoms. The zero-order chi connectivity index (χ0) is 14.1. The molecule has 0 atom stereocenters. The summed E-state index contributed by atoms with van der Waals surface area (Å²) in [5, 5.41) is 0. The standard InChI is InChI=1S/C14H32N2O/c1-11(2,15)9-13(5,6)17-14(7,8)10-12(3,4)16/h9-10,15-16H2,1-8H3. The Balaban J connectivity index is 4.59. The van der Waals surface area contributed by atoms with Crippen LogP contribution in [0.4, 0.5) is 0 Å². The van der Waals surface area contributed by atoms with Gasteiger partial charge in [0.15, 0.2) is 0 Å². The SMILES string of the molecule is CC(C)(N)CC(C)(C)OC(C)(C)CC(C)(C)N. The molecule has 0 saturated carbocycles. The summed E-state index contributed by atoms with van der Waals surface area (Å²) in [5.74, 6) is 0. The van der Waals surface area contributed by atoms with Gasteiger partial charge in [-0.3, -0.25) is 0 Å². The van der Waals surface area contributed by atoms with E-state index < -0.39 is 0 Å². The van der Waals surface area contributed by atoms with Gasteiger partial charge in [0.2, 0.25) is 0 Å². The summed E-state index contributed by atoms with van der Waals surface area (Å²) in [4.78, 5) is 0. The summed E-state index contributed by atoms with van der Waals surface area (Å²) in [6, 6.07) is 0. The molecule has 0 unspecified atom stereocenters. The average molecular weight is 244 g/mol. The van der Waals surface area contributed by atoms with Gasteiger partial charge < -0.3 is 16.2 Å². The van der Waals surface area contributed by atoms with E-state index in [2.05, 4.69) is 27.7 Å².